The van der Waals surface area contributed by atoms with Gasteiger partial charge < -0.3 is 15.3 Å². The van der Waals surface area contributed by atoms with E-state index in [1.807, 2.05) is 24.3 Å². The molecule has 132 valence electrons. The van der Waals surface area contributed by atoms with Gasteiger partial charge in [-0.15, -0.1) is 0 Å². The minimum absolute atomic E-state index is 0.00583. The van der Waals surface area contributed by atoms with Crippen molar-refractivity contribution >= 4 is 11.6 Å². The van der Waals surface area contributed by atoms with E-state index in [-0.39, 0.29) is 12.5 Å². The van der Waals surface area contributed by atoms with Gasteiger partial charge in [-0.05, 0) is 42.5 Å². The lowest BCUT2D eigenvalue weighted by Crippen LogP contribution is -2.39. The second kappa shape index (κ2) is 8.17. The molecule has 0 radical (unpaired) electrons. The van der Waals surface area contributed by atoms with E-state index in [4.69, 9.17) is 0 Å². The third-order valence-corrected chi connectivity index (χ3v) is 5.01. The highest BCUT2D eigenvalue weighted by molar-refractivity contribution is 5.76. The van der Waals surface area contributed by atoms with Gasteiger partial charge in [0, 0.05) is 31.2 Å². The van der Waals surface area contributed by atoms with E-state index in [1.54, 1.807) is 0 Å². The number of carbonyl (C=O) groups excluding carboxylic acids is 1. The Kier molecular flexibility index (Phi) is 5.71. The molecule has 0 aliphatic carbocycles. The molecule has 1 atom stereocenters. The lowest BCUT2D eigenvalue weighted by atomic mass is 9.96. The fourth-order valence-electron chi connectivity index (χ4n) is 3.49. The first kappa shape index (κ1) is 17.5. The van der Waals surface area contributed by atoms with Crippen LogP contribution in [0.25, 0.3) is 0 Å². The highest BCUT2D eigenvalue weighted by atomic mass is 16.3. The predicted molar refractivity (Wildman–Crippen MR) is 100 cm³/mol. The Hall–Kier alpha value is -2.33. The zero-order chi connectivity index (χ0) is 17.6. The number of hydrogen-bond donors (Lipinski definition) is 2. The second-order valence-electron chi connectivity index (χ2n) is 6.66. The quantitative estimate of drug-likeness (QED) is 0.851. The molecule has 2 aromatic carbocycles. The Balaban J connectivity index is 1.56. The number of nitrogens with zero attached hydrogens (tertiary/aromatic N) is 1. The summed E-state index contributed by atoms with van der Waals surface area (Å²) in [6.45, 7) is 3.41. The number of para-hydroxylation sites is 1. The molecule has 0 aromatic heterocycles. The van der Waals surface area contributed by atoms with Crippen LogP contribution in [-0.2, 0) is 24.4 Å². The molecule has 0 saturated carbocycles. The number of anilines is 1. The highest BCUT2D eigenvalue weighted by Crippen LogP contribution is 2.30. The number of amides is 1. The summed E-state index contributed by atoms with van der Waals surface area (Å²) < 4.78 is 0. The summed E-state index contributed by atoms with van der Waals surface area (Å²) in [4.78, 5) is 14.6. The zero-order valence-corrected chi connectivity index (χ0v) is 14.7. The lowest BCUT2D eigenvalue weighted by molar-refractivity contribution is -0.121. The smallest absolute Gasteiger partial charge is 0.222 e. The van der Waals surface area contributed by atoms with Crippen LogP contribution in [0.2, 0.25) is 0 Å². The number of aryl methyl sites for hydroxylation is 1. The number of hydrogen-bond acceptors (Lipinski definition) is 3. The Bertz CT molecular complexity index is 729. The topological polar surface area (TPSA) is 52.6 Å². The molecule has 1 amide bonds. The second-order valence-corrected chi connectivity index (χ2v) is 6.66. The van der Waals surface area contributed by atoms with Gasteiger partial charge in [0.05, 0.1) is 6.61 Å². The van der Waals surface area contributed by atoms with E-state index < -0.39 is 0 Å². The molecule has 3 rings (SSSR count). The molecule has 2 aromatic rings. The summed E-state index contributed by atoms with van der Waals surface area (Å²) in [6, 6.07) is 16.6. The van der Waals surface area contributed by atoms with E-state index in [0.717, 1.165) is 30.5 Å². The van der Waals surface area contributed by atoms with Crippen molar-refractivity contribution in [2.24, 2.45) is 0 Å². The molecule has 2 N–H and O–H groups in total. The van der Waals surface area contributed by atoms with Crippen LogP contribution >= 0.6 is 0 Å². The van der Waals surface area contributed by atoms with E-state index >= 15 is 0 Å². The maximum absolute atomic E-state index is 12.3. The Morgan fingerprint density at radius 2 is 1.88 bits per heavy atom. The molecule has 0 saturated heterocycles. The van der Waals surface area contributed by atoms with E-state index in [2.05, 4.69) is 41.4 Å². The number of benzene rings is 2. The summed E-state index contributed by atoms with van der Waals surface area (Å²) in [7, 11) is 0. The van der Waals surface area contributed by atoms with E-state index in [0.29, 0.717) is 19.0 Å². The minimum Gasteiger partial charge on any atom is -0.392 e. The molecule has 1 aliphatic heterocycles. The van der Waals surface area contributed by atoms with Crippen molar-refractivity contribution in [3.05, 3.63) is 65.2 Å². The average molecular weight is 338 g/mol. The first-order valence-electron chi connectivity index (χ1n) is 8.98. The molecule has 0 spiro atoms. The van der Waals surface area contributed by atoms with Crippen LogP contribution < -0.4 is 10.2 Å². The zero-order valence-electron chi connectivity index (χ0n) is 14.7. The van der Waals surface area contributed by atoms with Gasteiger partial charge in [0.25, 0.3) is 0 Å². The van der Waals surface area contributed by atoms with Crippen molar-refractivity contribution in [1.82, 2.24) is 5.32 Å². The summed E-state index contributed by atoms with van der Waals surface area (Å²) >= 11 is 0. The molecule has 4 nitrogen and oxygen atoms in total. The summed E-state index contributed by atoms with van der Waals surface area (Å²) in [6.07, 6.45) is 2.71. The van der Waals surface area contributed by atoms with Gasteiger partial charge in [-0.3, -0.25) is 4.79 Å². The molecule has 4 heteroatoms. The number of nitrogens with one attached hydrogen (secondary N) is 1. The fraction of sp³-hybridized carbons (Fsp3) is 0.381. The molecule has 1 unspecified atom stereocenters. The third-order valence-electron chi connectivity index (χ3n) is 5.01. The number of fused-ring (bicyclic) bond motifs is 1. The fourth-order valence-corrected chi connectivity index (χ4v) is 3.49. The molecule has 1 aliphatic rings. The van der Waals surface area contributed by atoms with Gasteiger partial charge in [-0.1, -0.05) is 42.5 Å². The largest absolute Gasteiger partial charge is 0.392 e. The van der Waals surface area contributed by atoms with Crippen molar-refractivity contribution in [2.75, 3.05) is 11.4 Å². The number of aliphatic hydroxyl groups excluding tert-OH is 1. The monoisotopic (exact) mass is 338 g/mol. The summed E-state index contributed by atoms with van der Waals surface area (Å²) in [5, 5.41) is 12.3. The Labute approximate surface area is 149 Å². The van der Waals surface area contributed by atoms with E-state index in [9.17, 15) is 9.90 Å². The molecule has 0 bridgehead atoms. The molecular formula is C21H26N2O2. The third kappa shape index (κ3) is 4.20. The van der Waals surface area contributed by atoms with Gasteiger partial charge in [0.1, 0.15) is 0 Å². The lowest BCUT2D eigenvalue weighted by Gasteiger charge is -2.37. The Morgan fingerprint density at radius 1 is 1.16 bits per heavy atom. The SMILES string of the molecule is CC1CCc2ccccc2N1CCC(=O)NCc1ccccc1CO. The molecular weight excluding hydrogens is 312 g/mol. The number of aliphatic hydroxyl groups is 1. The van der Waals surface area contributed by atoms with Crippen LogP contribution in [0, 0.1) is 0 Å². The van der Waals surface area contributed by atoms with Crippen molar-refractivity contribution < 1.29 is 9.90 Å². The van der Waals surface area contributed by atoms with Gasteiger partial charge in [-0.25, -0.2) is 0 Å². The minimum atomic E-state index is -0.00583. The van der Waals surface area contributed by atoms with Crippen molar-refractivity contribution in [3.63, 3.8) is 0 Å². The first-order valence-corrected chi connectivity index (χ1v) is 8.98. The first-order chi connectivity index (χ1) is 12.2. The standard InChI is InChI=1S/C21H26N2O2/c1-16-10-11-17-6-4-5-9-20(17)23(16)13-12-21(25)22-14-18-7-2-3-8-19(18)15-24/h2-9,16,24H,10-15H2,1H3,(H,22,25). The van der Waals surface area contributed by atoms with Crippen LogP contribution in [-0.4, -0.2) is 23.6 Å². The van der Waals surface area contributed by atoms with Crippen molar-refractivity contribution in [3.8, 4) is 0 Å². The van der Waals surface area contributed by atoms with Crippen molar-refractivity contribution in [1.29, 1.82) is 0 Å². The van der Waals surface area contributed by atoms with Crippen molar-refractivity contribution in [2.45, 2.75) is 45.4 Å². The van der Waals surface area contributed by atoms with Gasteiger partial charge in [0.15, 0.2) is 0 Å². The highest BCUT2D eigenvalue weighted by Gasteiger charge is 2.22. The van der Waals surface area contributed by atoms with E-state index in [1.165, 1.54) is 11.3 Å². The number of rotatable bonds is 6. The van der Waals surface area contributed by atoms with Crippen LogP contribution in [0.5, 0.6) is 0 Å². The van der Waals surface area contributed by atoms with Crippen LogP contribution in [0.15, 0.2) is 48.5 Å². The molecule has 0 fully saturated rings. The maximum Gasteiger partial charge on any atom is 0.222 e. The van der Waals surface area contributed by atoms with Gasteiger partial charge in [-0.2, -0.15) is 0 Å². The Morgan fingerprint density at radius 3 is 2.68 bits per heavy atom. The molecule has 1 heterocycles. The molecule has 25 heavy (non-hydrogen) atoms. The normalized spacial score (nSPS) is 16.4. The average Bonchev–Trinajstić information content (AvgIpc) is 2.65. The summed E-state index contributed by atoms with van der Waals surface area (Å²) in [5.74, 6) is 0.0444. The summed E-state index contributed by atoms with van der Waals surface area (Å²) in [5.41, 5.74) is 4.47. The maximum atomic E-state index is 12.3. The predicted octanol–water partition coefficient (Wildman–Crippen LogP) is 3.03. The van der Waals surface area contributed by atoms with Crippen LogP contribution in [0.1, 0.15) is 36.5 Å². The van der Waals surface area contributed by atoms with Crippen LogP contribution in [0.4, 0.5) is 5.69 Å². The number of carbonyl (C=O) groups is 1. The van der Waals surface area contributed by atoms with Gasteiger partial charge in [0.2, 0.25) is 5.91 Å². The van der Waals surface area contributed by atoms with Gasteiger partial charge >= 0.3 is 0 Å². The van der Waals surface area contributed by atoms with Crippen LogP contribution in [0.3, 0.4) is 0 Å².